The quantitative estimate of drug-likeness (QED) is 0.821. The van der Waals surface area contributed by atoms with E-state index in [1.807, 2.05) is 0 Å². The lowest BCUT2D eigenvalue weighted by Crippen LogP contribution is -2.26. The van der Waals surface area contributed by atoms with Crippen molar-refractivity contribution in [1.82, 2.24) is 24.8 Å². The van der Waals surface area contributed by atoms with Crippen molar-refractivity contribution in [1.29, 1.82) is 0 Å². The van der Waals surface area contributed by atoms with E-state index in [9.17, 15) is 0 Å². The Morgan fingerprint density at radius 1 is 1.33 bits per heavy atom. The smallest absolute Gasteiger partial charge is 0.226 e. The summed E-state index contributed by atoms with van der Waals surface area (Å²) in [5.74, 6) is 0.724. The molecule has 7 heteroatoms. The molecule has 18 heavy (non-hydrogen) atoms. The molecule has 0 bridgehead atoms. The van der Waals surface area contributed by atoms with E-state index in [0.29, 0.717) is 5.65 Å². The second-order valence-corrected chi connectivity index (χ2v) is 4.76. The van der Waals surface area contributed by atoms with Crippen molar-refractivity contribution in [3.05, 3.63) is 11.6 Å². The van der Waals surface area contributed by atoms with Crippen LogP contribution < -0.4 is 5.32 Å². The Labute approximate surface area is 110 Å². The van der Waals surface area contributed by atoms with Gasteiger partial charge in [0.15, 0.2) is 11.5 Å². The van der Waals surface area contributed by atoms with Gasteiger partial charge >= 0.3 is 0 Å². The Kier molecular flexibility index (Phi) is 3.29. The largest absolute Gasteiger partial charge is 0.367 e. The summed E-state index contributed by atoms with van der Waals surface area (Å²) in [7, 11) is 0. The molecule has 3 rings (SSSR count). The summed E-state index contributed by atoms with van der Waals surface area (Å²) in [6, 6.07) is 0. The number of fused-ring (bicyclic) bond motifs is 1. The zero-order valence-corrected chi connectivity index (χ0v) is 10.7. The normalized spacial score (nSPS) is 16.5. The van der Waals surface area contributed by atoms with Gasteiger partial charge in [0, 0.05) is 13.1 Å². The molecular weight excluding hydrogens is 252 g/mol. The van der Waals surface area contributed by atoms with Crippen molar-refractivity contribution in [3.8, 4) is 0 Å². The number of likely N-dealkylation sites (tertiary alicyclic amines) is 1. The molecule has 1 aliphatic rings. The lowest BCUT2D eigenvalue weighted by molar-refractivity contribution is 0.352. The lowest BCUT2D eigenvalue weighted by atomic mass is 10.4. The highest BCUT2D eigenvalue weighted by atomic mass is 35.5. The molecule has 0 radical (unpaired) electrons. The fourth-order valence-corrected chi connectivity index (χ4v) is 2.44. The maximum absolute atomic E-state index is 5.86. The van der Waals surface area contributed by atoms with E-state index in [-0.39, 0.29) is 5.28 Å². The monoisotopic (exact) mass is 266 g/mol. The summed E-state index contributed by atoms with van der Waals surface area (Å²) in [5.41, 5.74) is 1.40. The zero-order valence-electron chi connectivity index (χ0n) is 9.99. The molecule has 0 atom stereocenters. The first-order chi connectivity index (χ1) is 8.83. The lowest BCUT2D eigenvalue weighted by Gasteiger charge is -2.15. The summed E-state index contributed by atoms with van der Waals surface area (Å²) < 4.78 is 0. The van der Waals surface area contributed by atoms with Crippen LogP contribution in [0.25, 0.3) is 11.2 Å². The topological polar surface area (TPSA) is 69.7 Å². The van der Waals surface area contributed by atoms with Gasteiger partial charge in [-0.15, -0.1) is 0 Å². The highest BCUT2D eigenvalue weighted by molar-refractivity contribution is 6.28. The molecule has 0 amide bonds. The molecule has 1 saturated heterocycles. The fourth-order valence-electron chi connectivity index (χ4n) is 2.27. The van der Waals surface area contributed by atoms with Crippen LogP contribution in [0.5, 0.6) is 0 Å². The van der Waals surface area contributed by atoms with Gasteiger partial charge in [-0.25, -0.2) is 4.98 Å². The van der Waals surface area contributed by atoms with E-state index in [1.165, 1.54) is 25.9 Å². The molecule has 1 aliphatic heterocycles. The minimum Gasteiger partial charge on any atom is -0.367 e. The molecule has 2 aromatic rings. The van der Waals surface area contributed by atoms with E-state index >= 15 is 0 Å². The Bertz CT molecular complexity index is 533. The van der Waals surface area contributed by atoms with Crippen molar-refractivity contribution in [3.63, 3.8) is 0 Å². The Morgan fingerprint density at radius 3 is 3.00 bits per heavy atom. The second-order valence-electron chi connectivity index (χ2n) is 4.42. The summed E-state index contributed by atoms with van der Waals surface area (Å²) in [6.45, 7) is 4.27. The van der Waals surface area contributed by atoms with Crippen LogP contribution >= 0.6 is 11.6 Å². The molecule has 2 aromatic heterocycles. The zero-order chi connectivity index (χ0) is 12.4. The standard InChI is InChI=1S/C11H15ClN6/c12-11-16-9(8-10(17-11)15-7-14-8)13-3-6-18-4-1-2-5-18/h7H,1-6H2,(H2,13,14,15,16,17). The number of halogens is 1. The van der Waals surface area contributed by atoms with Crippen LogP contribution in [0.1, 0.15) is 12.8 Å². The van der Waals surface area contributed by atoms with Gasteiger partial charge in [-0.2, -0.15) is 9.97 Å². The van der Waals surface area contributed by atoms with E-state index in [1.54, 1.807) is 6.33 Å². The molecule has 0 spiro atoms. The van der Waals surface area contributed by atoms with Crippen LogP contribution in [-0.4, -0.2) is 51.0 Å². The summed E-state index contributed by atoms with van der Waals surface area (Å²) >= 11 is 5.86. The first-order valence-electron chi connectivity index (χ1n) is 6.16. The highest BCUT2D eigenvalue weighted by Gasteiger charge is 2.12. The third-order valence-electron chi connectivity index (χ3n) is 3.18. The van der Waals surface area contributed by atoms with Crippen LogP contribution in [-0.2, 0) is 0 Å². The minimum atomic E-state index is 0.221. The van der Waals surface area contributed by atoms with E-state index in [2.05, 4.69) is 30.2 Å². The average Bonchev–Trinajstić information content (AvgIpc) is 2.98. The van der Waals surface area contributed by atoms with Crippen molar-refractivity contribution < 1.29 is 0 Å². The Hall–Kier alpha value is -1.40. The molecule has 0 saturated carbocycles. The predicted molar refractivity (Wildman–Crippen MR) is 70.9 cm³/mol. The number of nitrogens with one attached hydrogen (secondary N) is 2. The van der Waals surface area contributed by atoms with Crippen molar-refractivity contribution in [2.24, 2.45) is 0 Å². The van der Waals surface area contributed by atoms with E-state index in [4.69, 9.17) is 11.6 Å². The number of aromatic amines is 1. The van der Waals surface area contributed by atoms with Gasteiger partial charge in [0.25, 0.3) is 0 Å². The van der Waals surface area contributed by atoms with Crippen LogP contribution in [0.2, 0.25) is 5.28 Å². The first kappa shape index (κ1) is 11.7. The van der Waals surface area contributed by atoms with E-state index in [0.717, 1.165) is 24.4 Å². The van der Waals surface area contributed by atoms with Gasteiger partial charge in [0.05, 0.1) is 6.33 Å². The number of hydrogen-bond donors (Lipinski definition) is 2. The molecule has 1 fully saturated rings. The number of nitrogens with zero attached hydrogens (tertiary/aromatic N) is 4. The third kappa shape index (κ3) is 2.39. The van der Waals surface area contributed by atoms with Crippen molar-refractivity contribution >= 4 is 28.6 Å². The minimum absolute atomic E-state index is 0.221. The number of aromatic nitrogens is 4. The third-order valence-corrected chi connectivity index (χ3v) is 3.35. The van der Waals surface area contributed by atoms with Crippen LogP contribution in [0, 0.1) is 0 Å². The molecule has 2 N–H and O–H groups in total. The molecule has 96 valence electrons. The molecule has 0 aromatic carbocycles. The number of H-pyrrole nitrogens is 1. The maximum Gasteiger partial charge on any atom is 0.226 e. The maximum atomic E-state index is 5.86. The number of rotatable bonds is 4. The Morgan fingerprint density at radius 2 is 2.17 bits per heavy atom. The van der Waals surface area contributed by atoms with Gasteiger partial charge in [-0.05, 0) is 37.5 Å². The molecule has 0 unspecified atom stereocenters. The second kappa shape index (κ2) is 5.07. The van der Waals surface area contributed by atoms with Gasteiger partial charge in [-0.1, -0.05) is 0 Å². The van der Waals surface area contributed by atoms with Gasteiger partial charge < -0.3 is 15.2 Å². The number of hydrogen-bond acceptors (Lipinski definition) is 5. The summed E-state index contributed by atoms with van der Waals surface area (Å²) in [4.78, 5) is 17.8. The van der Waals surface area contributed by atoms with Crippen LogP contribution in [0.3, 0.4) is 0 Å². The summed E-state index contributed by atoms with van der Waals surface area (Å²) in [6.07, 6.45) is 4.22. The predicted octanol–water partition coefficient (Wildman–Crippen LogP) is 1.51. The SMILES string of the molecule is Clc1nc(NCCN2CCCC2)c2[nH]cnc2n1. The van der Waals surface area contributed by atoms with Crippen LogP contribution in [0.15, 0.2) is 6.33 Å². The van der Waals surface area contributed by atoms with E-state index < -0.39 is 0 Å². The molecule has 0 aliphatic carbocycles. The first-order valence-corrected chi connectivity index (χ1v) is 6.53. The van der Waals surface area contributed by atoms with Gasteiger partial charge in [0.1, 0.15) is 5.52 Å². The van der Waals surface area contributed by atoms with Crippen LogP contribution in [0.4, 0.5) is 5.82 Å². The fraction of sp³-hybridized carbons (Fsp3) is 0.545. The molecule has 3 heterocycles. The molecular formula is C11H15ClN6. The van der Waals surface area contributed by atoms with Gasteiger partial charge in [-0.3, -0.25) is 0 Å². The average molecular weight is 267 g/mol. The molecule has 6 nitrogen and oxygen atoms in total. The van der Waals surface area contributed by atoms with Crippen molar-refractivity contribution in [2.45, 2.75) is 12.8 Å². The van der Waals surface area contributed by atoms with Gasteiger partial charge in [0.2, 0.25) is 5.28 Å². The Balaban J connectivity index is 1.67. The highest BCUT2D eigenvalue weighted by Crippen LogP contribution is 2.18. The number of anilines is 1. The summed E-state index contributed by atoms with van der Waals surface area (Å²) in [5, 5.41) is 3.51. The number of imidazole rings is 1. The van der Waals surface area contributed by atoms with Crippen molar-refractivity contribution in [2.75, 3.05) is 31.5 Å².